The minimum atomic E-state index is -0.607. The number of fused-ring (bicyclic) bond motifs is 1. The van der Waals surface area contributed by atoms with Crippen LogP contribution in [0.2, 0.25) is 0 Å². The summed E-state index contributed by atoms with van der Waals surface area (Å²) in [5, 5.41) is 2.82. The average molecular weight is 306 g/mol. The van der Waals surface area contributed by atoms with Crippen molar-refractivity contribution in [3.63, 3.8) is 0 Å². The zero-order chi connectivity index (χ0) is 15.9. The van der Waals surface area contributed by atoms with Gasteiger partial charge >= 0.3 is 0 Å². The van der Waals surface area contributed by atoms with Crippen LogP contribution < -0.4 is 5.32 Å². The molecule has 0 spiro atoms. The van der Waals surface area contributed by atoms with Crippen molar-refractivity contribution in [1.82, 2.24) is 10.2 Å². The Labute approximate surface area is 130 Å². The molecule has 0 aliphatic carbocycles. The van der Waals surface area contributed by atoms with E-state index in [1.165, 1.54) is 0 Å². The highest BCUT2D eigenvalue weighted by molar-refractivity contribution is 5.92. The van der Waals surface area contributed by atoms with Gasteiger partial charge in [0.05, 0.1) is 19.6 Å². The number of nitrogens with one attached hydrogen (secondary N) is 1. The van der Waals surface area contributed by atoms with Crippen LogP contribution in [0.1, 0.15) is 17.2 Å². The number of rotatable bonds is 7. The van der Waals surface area contributed by atoms with Gasteiger partial charge in [-0.2, -0.15) is 0 Å². The number of benzene rings is 1. The first-order valence-corrected chi connectivity index (χ1v) is 7.32. The van der Waals surface area contributed by atoms with E-state index in [4.69, 9.17) is 9.47 Å². The Morgan fingerprint density at radius 2 is 2.00 bits per heavy atom. The van der Waals surface area contributed by atoms with Crippen molar-refractivity contribution >= 4 is 11.8 Å². The Morgan fingerprint density at radius 1 is 1.27 bits per heavy atom. The van der Waals surface area contributed by atoms with Crippen LogP contribution in [-0.4, -0.2) is 57.2 Å². The Hall–Kier alpha value is -1.92. The van der Waals surface area contributed by atoms with Crippen molar-refractivity contribution < 1.29 is 19.1 Å². The van der Waals surface area contributed by atoms with Crippen LogP contribution in [0.5, 0.6) is 0 Å². The maximum Gasteiger partial charge on any atom is 0.247 e. The quantitative estimate of drug-likeness (QED) is 0.746. The van der Waals surface area contributed by atoms with Crippen molar-refractivity contribution in [3.8, 4) is 0 Å². The molecular weight excluding hydrogens is 284 g/mol. The van der Waals surface area contributed by atoms with Crippen molar-refractivity contribution in [1.29, 1.82) is 0 Å². The fourth-order valence-electron chi connectivity index (χ4n) is 2.64. The highest BCUT2D eigenvalue weighted by Gasteiger charge is 2.36. The van der Waals surface area contributed by atoms with Gasteiger partial charge in [0.25, 0.3) is 0 Å². The molecule has 0 unspecified atom stereocenters. The van der Waals surface area contributed by atoms with Gasteiger partial charge in [-0.3, -0.25) is 9.59 Å². The van der Waals surface area contributed by atoms with E-state index in [0.717, 1.165) is 11.1 Å². The van der Waals surface area contributed by atoms with Crippen LogP contribution in [0.4, 0.5) is 0 Å². The lowest BCUT2D eigenvalue weighted by Crippen LogP contribution is -2.49. The van der Waals surface area contributed by atoms with Gasteiger partial charge in [0.1, 0.15) is 6.04 Å². The molecule has 0 saturated heterocycles. The van der Waals surface area contributed by atoms with Crippen molar-refractivity contribution in [2.45, 2.75) is 12.5 Å². The molecule has 1 aromatic rings. The molecule has 6 nitrogen and oxygen atoms in total. The molecule has 0 fully saturated rings. The van der Waals surface area contributed by atoms with E-state index in [0.29, 0.717) is 32.7 Å². The second-order valence-corrected chi connectivity index (χ2v) is 5.14. The summed E-state index contributed by atoms with van der Waals surface area (Å²) in [6.07, 6.45) is 0.321. The Kier molecular flexibility index (Phi) is 5.91. The van der Waals surface area contributed by atoms with Gasteiger partial charge in [-0.05, 0) is 11.1 Å². The highest BCUT2D eigenvalue weighted by atomic mass is 16.5. The van der Waals surface area contributed by atoms with E-state index < -0.39 is 6.04 Å². The van der Waals surface area contributed by atoms with Crippen molar-refractivity contribution in [3.05, 3.63) is 35.4 Å². The first-order valence-electron chi connectivity index (χ1n) is 7.32. The van der Waals surface area contributed by atoms with Gasteiger partial charge in [-0.1, -0.05) is 24.3 Å². The number of amides is 2. The summed E-state index contributed by atoms with van der Waals surface area (Å²) >= 11 is 0. The topological polar surface area (TPSA) is 67.9 Å². The lowest BCUT2D eigenvalue weighted by atomic mass is 9.91. The summed E-state index contributed by atoms with van der Waals surface area (Å²) < 4.78 is 10.0. The number of nitrogens with zero attached hydrogens (tertiary/aromatic N) is 1. The predicted molar refractivity (Wildman–Crippen MR) is 81.4 cm³/mol. The number of hydrogen-bond acceptors (Lipinski definition) is 4. The maximum atomic E-state index is 12.6. The summed E-state index contributed by atoms with van der Waals surface area (Å²) in [5.41, 5.74) is 1.79. The molecule has 1 heterocycles. The third-order valence-electron chi connectivity index (χ3n) is 3.71. The number of carbonyl (C=O) groups is 2. The number of methoxy groups -OCH3 is 2. The van der Waals surface area contributed by atoms with Crippen LogP contribution in [-0.2, 0) is 25.5 Å². The van der Waals surface area contributed by atoms with E-state index in [-0.39, 0.29) is 11.8 Å². The molecule has 0 radical (unpaired) electrons. The predicted octanol–water partition coefficient (Wildman–Crippen LogP) is 0.521. The van der Waals surface area contributed by atoms with E-state index in [2.05, 4.69) is 5.32 Å². The van der Waals surface area contributed by atoms with E-state index in [1.807, 2.05) is 24.3 Å². The second-order valence-electron chi connectivity index (χ2n) is 5.14. The Morgan fingerprint density at radius 3 is 2.73 bits per heavy atom. The summed E-state index contributed by atoms with van der Waals surface area (Å²) in [4.78, 5) is 26.5. The highest BCUT2D eigenvalue weighted by Crippen LogP contribution is 2.30. The van der Waals surface area contributed by atoms with Crippen LogP contribution in [0, 0.1) is 0 Å². The molecule has 1 atom stereocenters. The fourth-order valence-corrected chi connectivity index (χ4v) is 2.64. The van der Waals surface area contributed by atoms with Crippen LogP contribution >= 0.6 is 0 Å². The van der Waals surface area contributed by atoms with E-state index in [1.54, 1.807) is 19.1 Å². The van der Waals surface area contributed by atoms with Crippen LogP contribution in [0.15, 0.2) is 24.3 Å². The van der Waals surface area contributed by atoms with Gasteiger partial charge < -0.3 is 19.7 Å². The lowest BCUT2D eigenvalue weighted by molar-refractivity contribution is -0.142. The molecule has 1 aliphatic rings. The third-order valence-corrected chi connectivity index (χ3v) is 3.71. The van der Waals surface area contributed by atoms with Crippen LogP contribution in [0.3, 0.4) is 0 Å². The van der Waals surface area contributed by atoms with Crippen molar-refractivity contribution in [2.24, 2.45) is 0 Å². The minimum absolute atomic E-state index is 0.0531. The van der Waals surface area contributed by atoms with Gasteiger partial charge in [0.2, 0.25) is 11.8 Å². The van der Waals surface area contributed by atoms with Crippen molar-refractivity contribution in [2.75, 3.05) is 40.5 Å². The molecule has 120 valence electrons. The fraction of sp³-hybridized carbons (Fsp3) is 0.500. The third kappa shape index (κ3) is 3.64. The summed E-state index contributed by atoms with van der Waals surface area (Å²) in [6, 6.07) is 6.97. The number of ether oxygens (including phenoxy) is 2. The number of carbonyl (C=O) groups excluding carboxylic acids is 2. The molecule has 1 N–H and O–H groups in total. The zero-order valence-electron chi connectivity index (χ0n) is 13.0. The smallest absolute Gasteiger partial charge is 0.247 e. The molecule has 0 aromatic heterocycles. The zero-order valence-corrected chi connectivity index (χ0v) is 13.0. The Balaban J connectivity index is 2.25. The molecule has 2 rings (SSSR count). The molecule has 2 amide bonds. The van der Waals surface area contributed by atoms with E-state index >= 15 is 0 Å². The first-order chi connectivity index (χ1) is 10.7. The summed E-state index contributed by atoms with van der Waals surface area (Å²) in [6.45, 7) is 1.65. The molecule has 1 aliphatic heterocycles. The molecule has 0 saturated carbocycles. The lowest BCUT2D eigenvalue weighted by Gasteiger charge is -2.36. The van der Waals surface area contributed by atoms with Gasteiger partial charge in [-0.15, -0.1) is 0 Å². The normalized spacial score (nSPS) is 17.3. The molecule has 6 heteroatoms. The standard InChI is InChI=1S/C16H22N2O4/c1-21-9-7-17-16(20)15-13-6-4-3-5-12(13)11-14(19)18(15)8-10-22-2/h3-6,15H,7-11H2,1-2H3,(H,17,20)/t15-/m0/s1. The molecular formula is C16H22N2O4. The Bertz CT molecular complexity index is 533. The number of hydrogen-bond donors (Lipinski definition) is 1. The van der Waals surface area contributed by atoms with Gasteiger partial charge in [-0.25, -0.2) is 0 Å². The molecule has 0 bridgehead atoms. The van der Waals surface area contributed by atoms with Crippen LogP contribution in [0.25, 0.3) is 0 Å². The largest absolute Gasteiger partial charge is 0.383 e. The minimum Gasteiger partial charge on any atom is -0.383 e. The monoisotopic (exact) mass is 306 g/mol. The van der Waals surface area contributed by atoms with E-state index in [9.17, 15) is 9.59 Å². The summed E-state index contributed by atoms with van der Waals surface area (Å²) in [7, 11) is 3.16. The van der Waals surface area contributed by atoms with Gasteiger partial charge in [0.15, 0.2) is 0 Å². The molecule has 1 aromatic carbocycles. The maximum absolute atomic E-state index is 12.6. The SMILES string of the molecule is COCCNC(=O)[C@@H]1c2ccccc2CC(=O)N1CCOC. The van der Waals surface area contributed by atoms with Gasteiger partial charge in [0, 0.05) is 27.3 Å². The average Bonchev–Trinajstić information content (AvgIpc) is 2.52. The summed E-state index contributed by atoms with van der Waals surface area (Å²) in [5.74, 6) is -0.240. The first kappa shape index (κ1) is 16.5. The second kappa shape index (κ2) is 7.91. The molecule has 22 heavy (non-hydrogen) atoms.